The van der Waals surface area contributed by atoms with Crippen LogP contribution in [0.1, 0.15) is 30.0 Å². The first-order chi connectivity index (χ1) is 15.7. The van der Waals surface area contributed by atoms with Gasteiger partial charge in [-0.05, 0) is 30.0 Å². The Balaban J connectivity index is 0.00000306. The molecule has 2 aromatic carbocycles. The van der Waals surface area contributed by atoms with Gasteiger partial charge < -0.3 is 15.4 Å². The Kier molecular flexibility index (Phi) is 10.4. The van der Waals surface area contributed by atoms with E-state index in [0.29, 0.717) is 12.1 Å². The van der Waals surface area contributed by atoms with Crippen molar-refractivity contribution in [2.24, 2.45) is 4.99 Å². The molecule has 33 heavy (non-hydrogen) atoms. The van der Waals surface area contributed by atoms with E-state index in [1.54, 1.807) is 0 Å². The van der Waals surface area contributed by atoms with Gasteiger partial charge in [-0.15, -0.1) is 24.0 Å². The number of likely N-dealkylation sites (tertiary alicyclic amines) is 1. The molecule has 2 N–H and O–H groups in total. The standard InChI is InChI=1S/C26H37N5O.HI/c1-21-15-25(20-31(21)19-22-7-4-3-5-8-22)29-26(27-2)28-17-23-9-6-10-24(16-23)18-30-11-13-32-14-12-30;/h3-10,16,21,25H,11-15,17-20H2,1-2H3,(H2,27,28,29);1H. The molecule has 0 aliphatic carbocycles. The van der Waals surface area contributed by atoms with Crippen LogP contribution in [0, 0.1) is 0 Å². The van der Waals surface area contributed by atoms with Gasteiger partial charge in [-0.25, -0.2) is 0 Å². The molecule has 0 spiro atoms. The van der Waals surface area contributed by atoms with Crippen molar-refractivity contribution in [1.29, 1.82) is 0 Å². The number of ether oxygens (including phenoxy) is 1. The Hall–Kier alpha value is -1.68. The van der Waals surface area contributed by atoms with Crippen LogP contribution in [-0.4, -0.2) is 67.7 Å². The summed E-state index contributed by atoms with van der Waals surface area (Å²) in [4.78, 5) is 9.48. The van der Waals surface area contributed by atoms with Crippen LogP contribution in [0.25, 0.3) is 0 Å². The zero-order chi connectivity index (χ0) is 22.2. The number of benzene rings is 2. The molecule has 0 radical (unpaired) electrons. The molecule has 4 rings (SSSR count). The van der Waals surface area contributed by atoms with Gasteiger partial charge in [0.15, 0.2) is 5.96 Å². The fourth-order valence-corrected chi connectivity index (χ4v) is 4.67. The van der Waals surface area contributed by atoms with Crippen molar-refractivity contribution in [2.75, 3.05) is 39.9 Å². The molecule has 2 atom stereocenters. The van der Waals surface area contributed by atoms with E-state index in [1.807, 2.05) is 7.05 Å². The molecule has 7 heteroatoms. The highest BCUT2D eigenvalue weighted by molar-refractivity contribution is 14.0. The number of nitrogens with one attached hydrogen (secondary N) is 2. The van der Waals surface area contributed by atoms with Crippen LogP contribution in [0.4, 0.5) is 0 Å². The minimum atomic E-state index is 0. The first-order valence-electron chi connectivity index (χ1n) is 11.8. The molecule has 0 bridgehead atoms. The van der Waals surface area contributed by atoms with Gasteiger partial charge >= 0.3 is 0 Å². The fraction of sp³-hybridized carbons (Fsp3) is 0.500. The number of guanidine groups is 1. The molecule has 2 aliphatic heterocycles. The molecule has 0 amide bonds. The highest BCUT2D eigenvalue weighted by Gasteiger charge is 2.29. The number of hydrogen-bond acceptors (Lipinski definition) is 4. The Bertz CT molecular complexity index is 872. The average molecular weight is 564 g/mol. The van der Waals surface area contributed by atoms with Crippen molar-refractivity contribution in [3.8, 4) is 0 Å². The minimum Gasteiger partial charge on any atom is -0.379 e. The average Bonchev–Trinajstić information content (AvgIpc) is 3.16. The summed E-state index contributed by atoms with van der Waals surface area (Å²) in [5.41, 5.74) is 4.01. The smallest absolute Gasteiger partial charge is 0.191 e. The normalized spacial score (nSPS) is 22.1. The molecule has 2 heterocycles. The van der Waals surface area contributed by atoms with Crippen molar-refractivity contribution in [1.82, 2.24) is 20.4 Å². The monoisotopic (exact) mass is 563 g/mol. The molecule has 6 nitrogen and oxygen atoms in total. The van der Waals surface area contributed by atoms with Gasteiger partial charge in [0.2, 0.25) is 0 Å². The summed E-state index contributed by atoms with van der Waals surface area (Å²) in [6, 6.07) is 20.6. The predicted molar refractivity (Wildman–Crippen MR) is 146 cm³/mol. The van der Waals surface area contributed by atoms with Crippen LogP contribution >= 0.6 is 24.0 Å². The lowest BCUT2D eigenvalue weighted by Crippen LogP contribution is -2.44. The van der Waals surface area contributed by atoms with Crippen LogP contribution in [0.3, 0.4) is 0 Å². The minimum absolute atomic E-state index is 0. The Morgan fingerprint density at radius 3 is 2.48 bits per heavy atom. The van der Waals surface area contributed by atoms with Gasteiger partial charge in [-0.1, -0.05) is 54.6 Å². The summed E-state index contributed by atoms with van der Waals surface area (Å²) in [6.07, 6.45) is 1.13. The maximum atomic E-state index is 5.46. The van der Waals surface area contributed by atoms with E-state index in [0.717, 1.165) is 64.9 Å². The Morgan fingerprint density at radius 2 is 1.73 bits per heavy atom. The first kappa shape index (κ1) is 25.9. The Labute approximate surface area is 215 Å². The topological polar surface area (TPSA) is 52.1 Å². The quantitative estimate of drug-likeness (QED) is 0.307. The molecule has 2 fully saturated rings. The van der Waals surface area contributed by atoms with E-state index in [4.69, 9.17) is 4.74 Å². The van der Waals surface area contributed by atoms with E-state index in [2.05, 4.69) is 86.9 Å². The van der Waals surface area contributed by atoms with Gasteiger partial charge in [0.25, 0.3) is 0 Å². The molecule has 2 unspecified atom stereocenters. The lowest BCUT2D eigenvalue weighted by Gasteiger charge is -2.26. The summed E-state index contributed by atoms with van der Waals surface area (Å²) < 4.78 is 5.46. The number of morpholine rings is 1. The van der Waals surface area contributed by atoms with Crippen LogP contribution in [0.5, 0.6) is 0 Å². The Morgan fingerprint density at radius 1 is 1.00 bits per heavy atom. The SMILES string of the molecule is CN=C(NCc1cccc(CN2CCOCC2)c1)NC1CC(C)N(Cc2ccccc2)C1.I. The molecule has 2 aromatic rings. The van der Waals surface area contributed by atoms with Crippen molar-refractivity contribution in [3.63, 3.8) is 0 Å². The maximum absolute atomic E-state index is 5.46. The second-order valence-corrected chi connectivity index (χ2v) is 8.98. The lowest BCUT2D eigenvalue weighted by molar-refractivity contribution is 0.0342. The van der Waals surface area contributed by atoms with Gasteiger partial charge in [0, 0.05) is 58.4 Å². The third-order valence-electron chi connectivity index (χ3n) is 6.46. The highest BCUT2D eigenvalue weighted by atomic mass is 127. The predicted octanol–water partition coefficient (Wildman–Crippen LogP) is 3.46. The highest BCUT2D eigenvalue weighted by Crippen LogP contribution is 2.20. The molecule has 2 saturated heterocycles. The molecule has 0 aromatic heterocycles. The summed E-state index contributed by atoms with van der Waals surface area (Å²) in [5, 5.41) is 7.15. The second-order valence-electron chi connectivity index (χ2n) is 8.98. The van der Waals surface area contributed by atoms with Gasteiger partial charge in [-0.2, -0.15) is 0 Å². The third-order valence-corrected chi connectivity index (χ3v) is 6.46. The summed E-state index contributed by atoms with van der Waals surface area (Å²) >= 11 is 0. The van der Waals surface area contributed by atoms with E-state index in [-0.39, 0.29) is 24.0 Å². The van der Waals surface area contributed by atoms with Crippen molar-refractivity contribution >= 4 is 29.9 Å². The van der Waals surface area contributed by atoms with E-state index in [9.17, 15) is 0 Å². The molecule has 180 valence electrons. The number of hydrogen-bond donors (Lipinski definition) is 2. The van der Waals surface area contributed by atoms with Crippen LogP contribution in [-0.2, 0) is 24.4 Å². The van der Waals surface area contributed by atoms with E-state index >= 15 is 0 Å². The summed E-state index contributed by atoms with van der Waals surface area (Å²) in [5.74, 6) is 0.877. The molecule has 2 aliphatic rings. The van der Waals surface area contributed by atoms with Crippen molar-refractivity contribution in [2.45, 2.75) is 45.1 Å². The number of nitrogens with zero attached hydrogens (tertiary/aromatic N) is 3. The number of rotatable bonds is 7. The summed E-state index contributed by atoms with van der Waals surface area (Å²) in [7, 11) is 1.85. The van der Waals surface area contributed by atoms with Gasteiger partial charge in [0.05, 0.1) is 13.2 Å². The molecular weight excluding hydrogens is 525 g/mol. The summed E-state index contributed by atoms with van der Waals surface area (Å²) in [6.45, 7) is 9.82. The zero-order valence-corrected chi connectivity index (χ0v) is 22.2. The van der Waals surface area contributed by atoms with Gasteiger partial charge in [0.1, 0.15) is 0 Å². The van der Waals surface area contributed by atoms with Crippen LogP contribution in [0.15, 0.2) is 59.6 Å². The van der Waals surface area contributed by atoms with Crippen molar-refractivity contribution < 1.29 is 4.74 Å². The first-order valence-corrected chi connectivity index (χ1v) is 11.8. The second kappa shape index (κ2) is 13.3. The number of halogens is 1. The van der Waals surface area contributed by atoms with E-state index < -0.39 is 0 Å². The van der Waals surface area contributed by atoms with Crippen LogP contribution < -0.4 is 10.6 Å². The van der Waals surface area contributed by atoms with Crippen LogP contribution in [0.2, 0.25) is 0 Å². The lowest BCUT2D eigenvalue weighted by atomic mass is 10.1. The largest absolute Gasteiger partial charge is 0.379 e. The van der Waals surface area contributed by atoms with E-state index in [1.165, 1.54) is 16.7 Å². The molecule has 0 saturated carbocycles. The molecular formula is C26H38IN5O. The number of aliphatic imine (C=N–C) groups is 1. The zero-order valence-electron chi connectivity index (χ0n) is 19.9. The fourth-order valence-electron chi connectivity index (χ4n) is 4.67. The van der Waals surface area contributed by atoms with Crippen molar-refractivity contribution in [3.05, 3.63) is 71.3 Å². The third kappa shape index (κ3) is 7.95. The maximum Gasteiger partial charge on any atom is 0.191 e. The van der Waals surface area contributed by atoms with Gasteiger partial charge in [-0.3, -0.25) is 14.8 Å².